The van der Waals surface area contributed by atoms with Crippen LogP contribution in [0.25, 0.3) is 0 Å². The number of ether oxygens (including phenoxy) is 1. The highest BCUT2D eigenvalue weighted by atomic mass is 127. The van der Waals surface area contributed by atoms with Crippen LogP contribution in [0.4, 0.5) is 13.2 Å². The lowest BCUT2D eigenvalue weighted by Gasteiger charge is -2.42. The SMILES string of the molecule is CCNC(=NCC1(c2cccc(C(F)(F)F)c2)CCC1)N(C)CC1CCOC1.I. The number of guanidine groups is 1. The summed E-state index contributed by atoms with van der Waals surface area (Å²) in [6, 6.07) is 5.78. The standard InChI is InChI=1S/C21H30F3N3O.HI/c1-3-25-19(27(2)13-16-8-11-28-14-16)26-15-20(9-5-10-20)17-6-4-7-18(12-17)21(22,23)24;/h4,6-7,12,16H,3,5,8-11,13-15H2,1-2H3,(H,25,26);1H. The lowest BCUT2D eigenvalue weighted by Crippen LogP contribution is -2.44. The van der Waals surface area contributed by atoms with Gasteiger partial charge in [0.2, 0.25) is 0 Å². The minimum absolute atomic E-state index is 0. The van der Waals surface area contributed by atoms with E-state index in [1.165, 1.54) is 12.1 Å². The molecule has 0 spiro atoms. The number of benzene rings is 1. The lowest BCUT2D eigenvalue weighted by atomic mass is 9.64. The Morgan fingerprint density at radius 3 is 2.66 bits per heavy atom. The zero-order valence-corrected chi connectivity index (χ0v) is 19.4. The molecular formula is C21H31F3IN3O. The van der Waals surface area contributed by atoms with Gasteiger partial charge in [0.05, 0.1) is 18.7 Å². The van der Waals surface area contributed by atoms with Crippen LogP contribution < -0.4 is 5.32 Å². The van der Waals surface area contributed by atoms with Gasteiger partial charge in [0.1, 0.15) is 0 Å². The van der Waals surface area contributed by atoms with E-state index in [9.17, 15) is 13.2 Å². The van der Waals surface area contributed by atoms with E-state index in [1.54, 1.807) is 0 Å². The highest BCUT2D eigenvalue weighted by Gasteiger charge is 2.40. The third-order valence-electron chi connectivity index (χ3n) is 5.90. The summed E-state index contributed by atoms with van der Waals surface area (Å²) in [4.78, 5) is 6.94. The molecule has 0 bridgehead atoms. The van der Waals surface area contributed by atoms with Crippen molar-refractivity contribution in [1.82, 2.24) is 10.2 Å². The van der Waals surface area contributed by atoms with Crippen molar-refractivity contribution in [3.63, 3.8) is 0 Å². The normalized spacial score (nSPS) is 21.3. The van der Waals surface area contributed by atoms with E-state index in [0.717, 1.165) is 69.6 Å². The molecule has 29 heavy (non-hydrogen) atoms. The zero-order chi connectivity index (χ0) is 20.2. The second kappa shape index (κ2) is 10.3. The molecule has 8 heteroatoms. The molecule has 1 atom stereocenters. The van der Waals surface area contributed by atoms with Crippen molar-refractivity contribution in [2.24, 2.45) is 10.9 Å². The van der Waals surface area contributed by atoms with Crippen molar-refractivity contribution < 1.29 is 17.9 Å². The predicted octanol–water partition coefficient (Wildman–Crippen LogP) is 4.68. The molecule has 2 aliphatic rings. The molecule has 1 heterocycles. The molecule has 164 valence electrons. The monoisotopic (exact) mass is 525 g/mol. The molecule has 0 amide bonds. The molecule has 1 aliphatic heterocycles. The second-order valence-corrected chi connectivity index (χ2v) is 7.99. The lowest BCUT2D eigenvalue weighted by molar-refractivity contribution is -0.137. The fraction of sp³-hybridized carbons (Fsp3) is 0.667. The summed E-state index contributed by atoms with van der Waals surface area (Å²) in [6.45, 7) is 5.72. The molecule has 1 N–H and O–H groups in total. The minimum atomic E-state index is -4.32. The number of aliphatic imine (C=N–C) groups is 1. The number of hydrogen-bond donors (Lipinski definition) is 1. The number of halogens is 4. The van der Waals surface area contributed by atoms with Crippen LogP contribution >= 0.6 is 24.0 Å². The quantitative estimate of drug-likeness (QED) is 0.333. The van der Waals surface area contributed by atoms with Gasteiger partial charge in [-0.2, -0.15) is 13.2 Å². The van der Waals surface area contributed by atoms with Crippen molar-refractivity contribution in [2.75, 3.05) is 39.9 Å². The maximum atomic E-state index is 13.1. The number of nitrogens with zero attached hydrogens (tertiary/aromatic N) is 2. The van der Waals surface area contributed by atoms with Crippen molar-refractivity contribution in [3.05, 3.63) is 35.4 Å². The van der Waals surface area contributed by atoms with Crippen LogP contribution in [0.3, 0.4) is 0 Å². The first kappa shape index (κ1) is 24.2. The van der Waals surface area contributed by atoms with Gasteiger partial charge in [0, 0.05) is 38.1 Å². The van der Waals surface area contributed by atoms with E-state index in [0.29, 0.717) is 12.5 Å². The molecule has 1 aromatic carbocycles. The topological polar surface area (TPSA) is 36.9 Å². The third kappa shape index (κ3) is 5.99. The van der Waals surface area contributed by atoms with Gasteiger partial charge in [-0.05, 0) is 37.8 Å². The van der Waals surface area contributed by atoms with Crippen LogP contribution in [0.1, 0.15) is 43.7 Å². The molecular weight excluding hydrogens is 494 g/mol. The molecule has 3 rings (SSSR count). The third-order valence-corrected chi connectivity index (χ3v) is 5.90. The Morgan fingerprint density at radius 2 is 2.10 bits per heavy atom. The van der Waals surface area contributed by atoms with Gasteiger partial charge in [0.25, 0.3) is 0 Å². The van der Waals surface area contributed by atoms with E-state index in [2.05, 4.69) is 10.2 Å². The van der Waals surface area contributed by atoms with Crippen LogP contribution in [0, 0.1) is 5.92 Å². The maximum Gasteiger partial charge on any atom is 0.416 e. The fourth-order valence-electron chi connectivity index (χ4n) is 4.06. The second-order valence-electron chi connectivity index (χ2n) is 7.99. The number of rotatable bonds is 6. The van der Waals surface area contributed by atoms with Gasteiger partial charge >= 0.3 is 6.18 Å². The largest absolute Gasteiger partial charge is 0.416 e. The van der Waals surface area contributed by atoms with Gasteiger partial charge in [-0.25, -0.2) is 0 Å². The average Bonchev–Trinajstić information content (AvgIpc) is 3.12. The Morgan fingerprint density at radius 1 is 1.34 bits per heavy atom. The van der Waals surface area contributed by atoms with Gasteiger partial charge in [-0.3, -0.25) is 4.99 Å². The number of alkyl halides is 3. The Bertz CT molecular complexity index is 686. The van der Waals surface area contributed by atoms with E-state index in [4.69, 9.17) is 9.73 Å². The van der Waals surface area contributed by atoms with Gasteiger partial charge in [-0.15, -0.1) is 24.0 Å². The van der Waals surface area contributed by atoms with E-state index >= 15 is 0 Å². The molecule has 2 fully saturated rings. The van der Waals surface area contributed by atoms with Crippen molar-refractivity contribution >= 4 is 29.9 Å². The first-order valence-electron chi connectivity index (χ1n) is 10.1. The summed E-state index contributed by atoms with van der Waals surface area (Å²) in [6.07, 6.45) is -0.493. The number of hydrogen-bond acceptors (Lipinski definition) is 2. The van der Waals surface area contributed by atoms with Crippen LogP contribution in [0.5, 0.6) is 0 Å². The van der Waals surface area contributed by atoms with E-state index in [1.807, 2.05) is 20.0 Å². The Balaban J connectivity index is 0.00000300. The first-order chi connectivity index (χ1) is 13.3. The molecule has 1 aromatic rings. The average molecular weight is 525 g/mol. The van der Waals surface area contributed by atoms with Crippen LogP contribution in [0.15, 0.2) is 29.3 Å². The minimum Gasteiger partial charge on any atom is -0.381 e. The van der Waals surface area contributed by atoms with E-state index < -0.39 is 11.7 Å². The number of nitrogens with one attached hydrogen (secondary N) is 1. The van der Waals surface area contributed by atoms with E-state index in [-0.39, 0.29) is 29.4 Å². The summed E-state index contributed by atoms with van der Waals surface area (Å²) < 4.78 is 44.9. The molecule has 1 saturated heterocycles. The Labute approximate surface area is 188 Å². The molecule has 4 nitrogen and oxygen atoms in total. The van der Waals surface area contributed by atoms with Gasteiger partial charge in [0.15, 0.2) is 5.96 Å². The van der Waals surface area contributed by atoms with Crippen LogP contribution in [-0.2, 0) is 16.3 Å². The molecule has 0 aromatic heterocycles. The molecule has 1 aliphatic carbocycles. The fourth-order valence-corrected chi connectivity index (χ4v) is 4.06. The summed E-state index contributed by atoms with van der Waals surface area (Å²) in [7, 11) is 2.01. The summed E-state index contributed by atoms with van der Waals surface area (Å²) in [5.74, 6) is 1.31. The molecule has 1 unspecified atom stereocenters. The highest BCUT2D eigenvalue weighted by molar-refractivity contribution is 14.0. The molecule has 1 saturated carbocycles. The first-order valence-corrected chi connectivity index (χ1v) is 10.1. The highest BCUT2D eigenvalue weighted by Crippen LogP contribution is 2.45. The van der Waals surface area contributed by atoms with Crippen LogP contribution in [-0.4, -0.2) is 50.8 Å². The molecule has 0 radical (unpaired) electrons. The summed E-state index contributed by atoms with van der Waals surface area (Å²) in [5.41, 5.74) is -0.121. The van der Waals surface area contributed by atoms with Gasteiger partial charge in [-0.1, -0.05) is 24.6 Å². The maximum absolute atomic E-state index is 13.1. The van der Waals surface area contributed by atoms with Gasteiger partial charge < -0.3 is 15.0 Å². The predicted molar refractivity (Wildman–Crippen MR) is 120 cm³/mol. The Hall–Kier alpha value is -1.03. The van der Waals surface area contributed by atoms with Crippen molar-refractivity contribution in [3.8, 4) is 0 Å². The smallest absolute Gasteiger partial charge is 0.381 e. The zero-order valence-electron chi connectivity index (χ0n) is 17.1. The Kier molecular flexibility index (Phi) is 8.63. The van der Waals surface area contributed by atoms with Crippen molar-refractivity contribution in [1.29, 1.82) is 0 Å². The van der Waals surface area contributed by atoms with Crippen molar-refractivity contribution in [2.45, 2.75) is 44.2 Å². The summed E-state index contributed by atoms with van der Waals surface area (Å²) >= 11 is 0. The van der Waals surface area contributed by atoms with Crippen LogP contribution in [0.2, 0.25) is 0 Å². The summed E-state index contributed by atoms with van der Waals surface area (Å²) in [5, 5.41) is 3.32.